The monoisotopic (exact) mass is 325 g/mol. The first kappa shape index (κ1) is 14.2. The summed E-state index contributed by atoms with van der Waals surface area (Å²) in [6.45, 7) is 3.59. The molecule has 6 heteroatoms. The molecular formula is C17H16ClN5. The van der Waals surface area contributed by atoms with Crippen LogP contribution in [-0.2, 0) is 13.0 Å². The Kier molecular flexibility index (Phi) is 3.50. The SMILES string of the molecule is Cc1ccnc(N2CCc3[nH]nc(-c4ccccc4Cl)c3C2)n1. The van der Waals surface area contributed by atoms with E-state index in [1.807, 2.05) is 37.3 Å². The molecule has 5 nitrogen and oxygen atoms in total. The van der Waals surface area contributed by atoms with Crippen molar-refractivity contribution < 1.29 is 0 Å². The van der Waals surface area contributed by atoms with Gasteiger partial charge in [0.15, 0.2) is 0 Å². The first-order valence-corrected chi connectivity index (χ1v) is 7.96. The van der Waals surface area contributed by atoms with Crippen LogP contribution >= 0.6 is 11.6 Å². The van der Waals surface area contributed by atoms with Gasteiger partial charge in [-0.25, -0.2) is 9.97 Å². The Morgan fingerprint density at radius 1 is 1.22 bits per heavy atom. The van der Waals surface area contributed by atoms with Gasteiger partial charge in [0.05, 0.1) is 10.7 Å². The quantitative estimate of drug-likeness (QED) is 0.784. The maximum absolute atomic E-state index is 6.34. The Labute approximate surface area is 139 Å². The number of aryl methyl sites for hydroxylation is 1. The molecule has 2 aromatic heterocycles. The summed E-state index contributed by atoms with van der Waals surface area (Å²) in [6, 6.07) is 9.71. The molecule has 1 aromatic carbocycles. The van der Waals surface area contributed by atoms with E-state index in [0.29, 0.717) is 5.02 Å². The largest absolute Gasteiger partial charge is 0.336 e. The summed E-state index contributed by atoms with van der Waals surface area (Å²) in [6.07, 6.45) is 2.70. The van der Waals surface area contributed by atoms with Crippen molar-refractivity contribution in [3.05, 3.63) is 58.5 Å². The smallest absolute Gasteiger partial charge is 0.225 e. The number of nitrogens with one attached hydrogen (secondary N) is 1. The molecular weight excluding hydrogens is 310 g/mol. The lowest BCUT2D eigenvalue weighted by Gasteiger charge is -2.27. The highest BCUT2D eigenvalue weighted by Crippen LogP contribution is 2.33. The molecule has 0 atom stereocenters. The number of halogens is 1. The lowest BCUT2D eigenvalue weighted by atomic mass is 10.0. The molecule has 1 N–H and O–H groups in total. The van der Waals surface area contributed by atoms with Crippen LogP contribution in [0.3, 0.4) is 0 Å². The van der Waals surface area contributed by atoms with Gasteiger partial charge in [0.2, 0.25) is 5.95 Å². The second kappa shape index (κ2) is 5.66. The molecule has 0 radical (unpaired) electrons. The summed E-state index contributed by atoms with van der Waals surface area (Å²) in [5.41, 5.74) is 5.19. The predicted molar refractivity (Wildman–Crippen MR) is 90.6 cm³/mol. The minimum Gasteiger partial charge on any atom is -0.336 e. The van der Waals surface area contributed by atoms with Gasteiger partial charge in [-0.1, -0.05) is 29.8 Å². The molecule has 3 heterocycles. The van der Waals surface area contributed by atoms with Gasteiger partial charge < -0.3 is 4.90 Å². The highest BCUT2D eigenvalue weighted by molar-refractivity contribution is 6.33. The Morgan fingerprint density at radius 3 is 2.91 bits per heavy atom. The molecule has 3 aromatic rings. The summed E-state index contributed by atoms with van der Waals surface area (Å²) < 4.78 is 0. The highest BCUT2D eigenvalue weighted by Gasteiger charge is 2.25. The van der Waals surface area contributed by atoms with Gasteiger partial charge in [0, 0.05) is 48.2 Å². The van der Waals surface area contributed by atoms with Crippen LogP contribution in [-0.4, -0.2) is 26.7 Å². The zero-order valence-corrected chi connectivity index (χ0v) is 13.5. The minimum absolute atomic E-state index is 0.714. The number of hydrogen-bond acceptors (Lipinski definition) is 4. The molecule has 1 aliphatic rings. The maximum atomic E-state index is 6.34. The first-order valence-electron chi connectivity index (χ1n) is 7.58. The molecule has 0 saturated carbocycles. The van der Waals surface area contributed by atoms with Crippen molar-refractivity contribution in [3.63, 3.8) is 0 Å². The highest BCUT2D eigenvalue weighted by atomic mass is 35.5. The second-order valence-electron chi connectivity index (χ2n) is 5.68. The van der Waals surface area contributed by atoms with Crippen LogP contribution < -0.4 is 4.90 Å². The summed E-state index contributed by atoms with van der Waals surface area (Å²) in [4.78, 5) is 11.1. The molecule has 0 unspecified atom stereocenters. The van der Waals surface area contributed by atoms with Crippen molar-refractivity contribution in [1.29, 1.82) is 0 Å². The van der Waals surface area contributed by atoms with E-state index in [4.69, 9.17) is 11.6 Å². The van der Waals surface area contributed by atoms with Gasteiger partial charge in [-0.3, -0.25) is 5.10 Å². The third-order valence-electron chi connectivity index (χ3n) is 4.13. The van der Waals surface area contributed by atoms with Gasteiger partial charge >= 0.3 is 0 Å². The average Bonchev–Trinajstić information content (AvgIpc) is 2.98. The Morgan fingerprint density at radius 2 is 2.09 bits per heavy atom. The number of fused-ring (bicyclic) bond motifs is 1. The number of anilines is 1. The molecule has 1 aliphatic heterocycles. The molecule has 4 rings (SSSR count). The number of aromatic nitrogens is 4. The van der Waals surface area contributed by atoms with Crippen LogP contribution in [0.5, 0.6) is 0 Å². The Bertz CT molecular complexity index is 858. The fraction of sp³-hybridized carbons (Fsp3) is 0.235. The van der Waals surface area contributed by atoms with E-state index < -0.39 is 0 Å². The van der Waals surface area contributed by atoms with Gasteiger partial charge in [-0.05, 0) is 19.1 Å². The first-order chi connectivity index (χ1) is 11.2. The van der Waals surface area contributed by atoms with Crippen molar-refractivity contribution in [1.82, 2.24) is 20.2 Å². The van der Waals surface area contributed by atoms with Crippen molar-refractivity contribution in [3.8, 4) is 11.3 Å². The number of aromatic amines is 1. The summed E-state index contributed by atoms with van der Waals surface area (Å²) in [5.74, 6) is 0.766. The third-order valence-corrected chi connectivity index (χ3v) is 4.46. The third kappa shape index (κ3) is 2.57. The number of hydrogen-bond donors (Lipinski definition) is 1. The summed E-state index contributed by atoms with van der Waals surface area (Å²) in [5, 5.41) is 8.37. The standard InChI is InChI=1S/C17H16ClN5/c1-11-6-8-19-17(20-11)23-9-7-15-13(10-23)16(22-21-15)12-4-2-3-5-14(12)18/h2-6,8H,7,9-10H2,1H3,(H,21,22). The minimum atomic E-state index is 0.714. The second-order valence-corrected chi connectivity index (χ2v) is 6.09. The van der Waals surface area contributed by atoms with Crippen LogP contribution in [0, 0.1) is 6.92 Å². The van der Waals surface area contributed by atoms with Crippen molar-refractivity contribution in [2.45, 2.75) is 19.9 Å². The average molecular weight is 326 g/mol. The topological polar surface area (TPSA) is 57.7 Å². The van der Waals surface area contributed by atoms with E-state index in [2.05, 4.69) is 25.1 Å². The van der Waals surface area contributed by atoms with E-state index in [0.717, 1.165) is 42.4 Å². The fourth-order valence-electron chi connectivity index (χ4n) is 2.93. The zero-order valence-electron chi connectivity index (χ0n) is 12.8. The molecule has 0 amide bonds. The van der Waals surface area contributed by atoms with Crippen LogP contribution in [0.1, 0.15) is 17.0 Å². The van der Waals surface area contributed by atoms with Crippen LogP contribution in [0.15, 0.2) is 36.5 Å². The maximum Gasteiger partial charge on any atom is 0.225 e. The summed E-state index contributed by atoms with van der Waals surface area (Å²) in [7, 11) is 0. The lowest BCUT2D eigenvalue weighted by Crippen LogP contribution is -2.31. The van der Waals surface area contributed by atoms with Crippen molar-refractivity contribution in [2.24, 2.45) is 0 Å². The van der Waals surface area contributed by atoms with E-state index in [-0.39, 0.29) is 0 Å². The molecule has 116 valence electrons. The number of benzene rings is 1. The van der Waals surface area contributed by atoms with Gasteiger partial charge in [-0.2, -0.15) is 5.10 Å². The lowest BCUT2D eigenvalue weighted by molar-refractivity contribution is 0.697. The summed E-state index contributed by atoms with van der Waals surface area (Å²) >= 11 is 6.34. The van der Waals surface area contributed by atoms with E-state index >= 15 is 0 Å². The van der Waals surface area contributed by atoms with Crippen LogP contribution in [0.25, 0.3) is 11.3 Å². The van der Waals surface area contributed by atoms with Crippen molar-refractivity contribution in [2.75, 3.05) is 11.4 Å². The van der Waals surface area contributed by atoms with Gasteiger partial charge in [0.1, 0.15) is 0 Å². The van der Waals surface area contributed by atoms with E-state index in [9.17, 15) is 0 Å². The van der Waals surface area contributed by atoms with Crippen molar-refractivity contribution >= 4 is 17.5 Å². The molecule has 0 fully saturated rings. The number of H-pyrrole nitrogens is 1. The fourth-order valence-corrected chi connectivity index (χ4v) is 3.16. The van der Waals surface area contributed by atoms with Crippen LogP contribution in [0.4, 0.5) is 5.95 Å². The Balaban J connectivity index is 1.72. The van der Waals surface area contributed by atoms with Gasteiger partial charge in [-0.15, -0.1) is 0 Å². The van der Waals surface area contributed by atoms with E-state index in [1.165, 1.54) is 11.3 Å². The molecule has 0 spiro atoms. The normalized spacial score (nSPS) is 13.9. The van der Waals surface area contributed by atoms with Gasteiger partial charge in [0.25, 0.3) is 0 Å². The molecule has 0 saturated heterocycles. The molecule has 0 bridgehead atoms. The number of rotatable bonds is 2. The molecule has 0 aliphatic carbocycles. The van der Waals surface area contributed by atoms with Crippen LogP contribution in [0.2, 0.25) is 5.02 Å². The van der Waals surface area contributed by atoms with E-state index in [1.54, 1.807) is 6.20 Å². The Hall–Kier alpha value is -2.40. The molecule has 23 heavy (non-hydrogen) atoms. The zero-order chi connectivity index (χ0) is 15.8. The number of nitrogens with zero attached hydrogens (tertiary/aromatic N) is 4. The predicted octanol–water partition coefficient (Wildman–Crippen LogP) is 3.39.